The summed E-state index contributed by atoms with van der Waals surface area (Å²) in [6, 6.07) is 14.9. The zero-order chi connectivity index (χ0) is 24.5. The number of hydrogen-bond donors (Lipinski definition) is 2. The topological polar surface area (TPSA) is 100 Å². The van der Waals surface area contributed by atoms with Crippen molar-refractivity contribution >= 4 is 33.9 Å². The first-order chi connectivity index (χ1) is 16.9. The van der Waals surface area contributed by atoms with Gasteiger partial charge in [0.1, 0.15) is 11.4 Å². The number of thiazole rings is 1. The van der Waals surface area contributed by atoms with E-state index in [-0.39, 0.29) is 17.0 Å². The summed E-state index contributed by atoms with van der Waals surface area (Å²) in [5, 5.41) is 12.1. The van der Waals surface area contributed by atoms with Gasteiger partial charge in [-0.15, -0.1) is 11.3 Å². The predicted molar refractivity (Wildman–Crippen MR) is 135 cm³/mol. The van der Waals surface area contributed by atoms with Gasteiger partial charge in [0.2, 0.25) is 10.9 Å². The second-order valence-electron chi connectivity index (χ2n) is 8.92. The molecule has 184 valence electrons. The van der Waals surface area contributed by atoms with Crippen LogP contribution >= 0.6 is 11.3 Å². The summed E-state index contributed by atoms with van der Waals surface area (Å²) >= 11 is 1.68. The van der Waals surface area contributed by atoms with Gasteiger partial charge in [0.15, 0.2) is 0 Å². The number of carbonyl (C=O) groups is 1. The third-order valence-electron chi connectivity index (χ3n) is 6.87. The number of methoxy groups -OCH3 is 1. The van der Waals surface area contributed by atoms with E-state index in [1.807, 2.05) is 0 Å². The maximum atomic E-state index is 12.2. The molecular formula is C25H27N3O5S2. The molecule has 0 bridgehead atoms. The Morgan fingerprint density at radius 3 is 2.43 bits per heavy atom. The standard InChI is InChI=1S/C25H27N3O5S2/c1-33-22-13-19(25(29)30)11-12-21(22)28(35(31)32)27-14-20-23(15-27)34-24(26-20)18-9-7-17(8-10-18)16-5-3-2-4-6-16/h2-6,11-13,17-18,35H,7-10,14-15H2,1H3,(H,29,30). The first-order valence-corrected chi connectivity index (χ1v) is 13.5. The fourth-order valence-corrected chi connectivity index (χ4v) is 7.00. The zero-order valence-electron chi connectivity index (χ0n) is 19.3. The number of rotatable bonds is 7. The number of anilines is 1. The van der Waals surface area contributed by atoms with Crippen molar-refractivity contribution in [1.82, 2.24) is 9.99 Å². The molecule has 0 atom stereocenters. The number of thiol groups is 1. The second-order valence-corrected chi connectivity index (χ2v) is 10.9. The van der Waals surface area contributed by atoms with E-state index in [1.54, 1.807) is 16.3 Å². The number of ether oxygens (including phenoxy) is 1. The van der Waals surface area contributed by atoms with Gasteiger partial charge in [0.25, 0.3) is 0 Å². The molecule has 0 amide bonds. The Hall–Kier alpha value is -2.95. The Labute approximate surface area is 209 Å². The van der Waals surface area contributed by atoms with Crippen LogP contribution in [0.3, 0.4) is 0 Å². The molecule has 1 aliphatic carbocycles. The van der Waals surface area contributed by atoms with E-state index in [2.05, 4.69) is 30.3 Å². The van der Waals surface area contributed by atoms with Crippen molar-refractivity contribution in [3.8, 4) is 5.75 Å². The summed E-state index contributed by atoms with van der Waals surface area (Å²) in [5.41, 5.74) is 2.64. The van der Waals surface area contributed by atoms with Gasteiger partial charge in [0.05, 0.1) is 36.5 Å². The largest absolute Gasteiger partial charge is 0.494 e. The van der Waals surface area contributed by atoms with Crippen molar-refractivity contribution < 1.29 is 23.1 Å². The van der Waals surface area contributed by atoms with Crippen molar-refractivity contribution in [2.75, 3.05) is 11.5 Å². The van der Waals surface area contributed by atoms with Crippen LogP contribution in [0.1, 0.15) is 69.0 Å². The third kappa shape index (κ3) is 4.78. The highest BCUT2D eigenvalue weighted by Crippen LogP contribution is 2.43. The fourth-order valence-electron chi connectivity index (χ4n) is 5.07. The quantitative estimate of drug-likeness (QED) is 0.447. The number of carboxylic acids is 1. The van der Waals surface area contributed by atoms with E-state index in [0.717, 1.165) is 41.3 Å². The van der Waals surface area contributed by atoms with Gasteiger partial charge in [-0.2, -0.15) is 9.42 Å². The lowest BCUT2D eigenvalue weighted by atomic mass is 9.79. The van der Waals surface area contributed by atoms with Crippen molar-refractivity contribution in [2.45, 2.75) is 50.6 Å². The summed E-state index contributed by atoms with van der Waals surface area (Å²) in [4.78, 5) is 17.3. The molecule has 5 rings (SSSR count). The molecule has 2 aromatic carbocycles. The van der Waals surface area contributed by atoms with Gasteiger partial charge in [-0.1, -0.05) is 30.3 Å². The molecule has 0 spiro atoms. The Morgan fingerprint density at radius 2 is 1.80 bits per heavy atom. The van der Waals surface area contributed by atoms with Crippen LogP contribution in [-0.4, -0.2) is 36.6 Å². The number of carboxylic acid groups (broad SMARTS) is 1. The highest BCUT2D eigenvalue weighted by atomic mass is 32.2. The second kappa shape index (κ2) is 9.96. The van der Waals surface area contributed by atoms with E-state index >= 15 is 0 Å². The lowest BCUT2D eigenvalue weighted by Crippen LogP contribution is -2.38. The molecule has 0 unspecified atom stereocenters. The molecule has 0 radical (unpaired) electrons. The summed E-state index contributed by atoms with van der Waals surface area (Å²) in [7, 11) is -1.63. The number of benzene rings is 2. The van der Waals surface area contributed by atoms with E-state index in [1.165, 1.54) is 35.3 Å². The molecule has 1 aromatic heterocycles. The van der Waals surface area contributed by atoms with Gasteiger partial charge < -0.3 is 9.84 Å². The number of fused-ring (bicyclic) bond motifs is 1. The van der Waals surface area contributed by atoms with E-state index < -0.39 is 16.9 Å². The van der Waals surface area contributed by atoms with Crippen LogP contribution in [0, 0.1) is 0 Å². The molecule has 10 heteroatoms. The van der Waals surface area contributed by atoms with Crippen molar-refractivity contribution in [3.63, 3.8) is 0 Å². The first kappa shape index (κ1) is 23.8. The minimum Gasteiger partial charge on any atom is -0.494 e. The van der Waals surface area contributed by atoms with E-state index in [9.17, 15) is 18.3 Å². The number of hydrogen-bond acceptors (Lipinski definition) is 7. The average molecular weight is 514 g/mol. The first-order valence-electron chi connectivity index (χ1n) is 11.6. The Morgan fingerprint density at radius 1 is 1.09 bits per heavy atom. The van der Waals surface area contributed by atoms with Crippen molar-refractivity contribution in [2.24, 2.45) is 0 Å². The SMILES string of the molecule is COc1cc(C(=O)O)ccc1N(N1Cc2nc(C3CCC(c4ccccc4)CC3)sc2C1)[SH](=O)=O. The van der Waals surface area contributed by atoms with Gasteiger partial charge in [0, 0.05) is 10.8 Å². The van der Waals surface area contributed by atoms with Crippen LogP contribution in [0.2, 0.25) is 0 Å². The highest BCUT2D eigenvalue weighted by molar-refractivity contribution is 7.73. The molecule has 35 heavy (non-hydrogen) atoms. The average Bonchev–Trinajstić information content (AvgIpc) is 3.44. The molecule has 3 aromatic rings. The van der Waals surface area contributed by atoms with Crippen molar-refractivity contribution in [1.29, 1.82) is 0 Å². The summed E-state index contributed by atoms with van der Waals surface area (Å²) in [5.74, 6) is 0.142. The minimum absolute atomic E-state index is 0.0282. The van der Waals surface area contributed by atoms with E-state index in [0.29, 0.717) is 24.9 Å². The van der Waals surface area contributed by atoms with Crippen LogP contribution in [0.4, 0.5) is 5.69 Å². The number of hydrazine groups is 1. The lowest BCUT2D eigenvalue weighted by Gasteiger charge is -2.29. The maximum Gasteiger partial charge on any atom is 0.335 e. The van der Waals surface area contributed by atoms with Gasteiger partial charge in [-0.05, 0) is 55.4 Å². The molecule has 2 aliphatic rings. The predicted octanol–water partition coefficient (Wildman–Crippen LogP) is 4.55. The van der Waals surface area contributed by atoms with Gasteiger partial charge in [-0.25, -0.2) is 18.2 Å². The van der Waals surface area contributed by atoms with Crippen LogP contribution in [0.25, 0.3) is 0 Å². The molecular weight excluding hydrogens is 486 g/mol. The highest BCUT2D eigenvalue weighted by Gasteiger charge is 2.33. The van der Waals surface area contributed by atoms with Crippen molar-refractivity contribution in [3.05, 3.63) is 75.2 Å². The summed E-state index contributed by atoms with van der Waals surface area (Å²) in [6.45, 7) is 0.803. The number of nitrogens with zero attached hydrogens (tertiary/aromatic N) is 3. The van der Waals surface area contributed by atoms with Crippen LogP contribution in [0.15, 0.2) is 48.5 Å². The maximum absolute atomic E-state index is 12.2. The van der Waals surface area contributed by atoms with Gasteiger partial charge >= 0.3 is 5.97 Å². The molecule has 1 saturated carbocycles. The molecule has 1 fully saturated rings. The summed E-state index contributed by atoms with van der Waals surface area (Å²) < 4.78 is 31.0. The minimum atomic E-state index is -3.02. The number of aromatic carboxylic acids is 1. The zero-order valence-corrected chi connectivity index (χ0v) is 21.0. The van der Waals surface area contributed by atoms with Gasteiger partial charge in [-0.3, -0.25) is 0 Å². The number of aromatic nitrogens is 1. The van der Waals surface area contributed by atoms with Crippen LogP contribution in [-0.2, 0) is 24.0 Å². The third-order valence-corrected chi connectivity index (χ3v) is 8.89. The van der Waals surface area contributed by atoms with Crippen LogP contribution in [0.5, 0.6) is 5.75 Å². The Bertz CT molecular complexity index is 1270. The molecule has 1 N–H and O–H groups in total. The lowest BCUT2D eigenvalue weighted by molar-refractivity contribution is 0.0696. The molecule has 0 saturated heterocycles. The Balaban J connectivity index is 1.29. The molecule has 1 aliphatic heterocycles. The normalized spacial score (nSPS) is 20.1. The smallest absolute Gasteiger partial charge is 0.335 e. The summed E-state index contributed by atoms with van der Waals surface area (Å²) in [6.07, 6.45) is 4.53. The fraction of sp³-hybridized carbons (Fsp3) is 0.360. The van der Waals surface area contributed by atoms with E-state index in [4.69, 9.17) is 9.72 Å². The monoisotopic (exact) mass is 513 g/mol. The molecule has 2 heterocycles. The molecule has 8 nitrogen and oxygen atoms in total. The Kier molecular flexibility index (Phi) is 6.77. The van der Waals surface area contributed by atoms with Crippen LogP contribution < -0.4 is 9.15 Å².